The summed E-state index contributed by atoms with van der Waals surface area (Å²) in [4.78, 5) is 4.16. The molecule has 3 aromatic rings. The number of benzene rings is 1. The lowest BCUT2D eigenvalue weighted by Gasteiger charge is -2.16. The third kappa shape index (κ3) is 10.4. The Morgan fingerprint density at radius 1 is 1.06 bits per heavy atom. The number of aromatic nitrogens is 3. The first-order valence-electron chi connectivity index (χ1n) is 11.2. The Labute approximate surface area is 216 Å². The first-order valence-corrected chi connectivity index (χ1v) is 14.0. The maximum atomic E-state index is 12.3. The molecule has 2 heterocycles. The second kappa shape index (κ2) is 17.8. The first-order chi connectivity index (χ1) is 16.6. The van der Waals surface area contributed by atoms with Crippen LogP contribution in [0.1, 0.15) is 39.0 Å². The fourth-order valence-corrected chi connectivity index (χ4v) is 4.63. The zero-order valence-electron chi connectivity index (χ0n) is 20.6. The van der Waals surface area contributed by atoms with E-state index in [1.54, 1.807) is 21.0 Å². The summed E-state index contributed by atoms with van der Waals surface area (Å²) in [6.07, 6.45) is 2.08. The van der Waals surface area contributed by atoms with Gasteiger partial charge < -0.3 is 22.1 Å². The van der Waals surface area contributed by atoms with E-state index in [-0.39, 0.29) is 6.35 Å². The van der Waals surface area contributed by atoms with Crippen LogP contribution in [0.4, 0.5) is 5.82 Å². The molecule has 0 unspecified atom stereocenters. The van der Waals surface area contributed by atoms with E-state index in [1.807, 2.05) is 83.7 Å². The van der Waals surface area contributed by atoms with E-state index < -0.39 is 7.60 Å². The van der Waals surface area contributed by atoms with Gasteiger partial charge >= 0.3 is 7.60 Å². The van der Waals surface area contributed by atoms with Gasteiger partial charge in [-0.1, -0.05) is 44.2 Å². The minimum atomic E-state index is -3.15. The number of ether oxygens (including phenoxy) is 2. The summed E-state index contributed by atoms with van der Waals surface area (Å²) >= 11 is 2.03. The fraction of sp³-hybridized carbons (Fsp3) is 0.478. The summed E-state index contributed by atoms with van der Waals surface area (Å²) in [7, 11) is -1.45. The number of halogens is 1. The number of nitrogens with one attached hydrogen (secondary N) is 1. The van der Waals surface area contributed by atoms with Crippen LogP contribution in [-0.4, -0.2) is 47.9 Å². The number of fused-ring (bicyclic) bond motifs is 1. The highest BCUT2D eigenvalue weighted by Gasteiger charge is 2.23. The Morgan fingerprint density at radius 2 is 1.74 bits per heavy atom. The lowest BCUT2D eigenvalue weighted by atomic mass is 10.2. The number of methoxy groups -OCH3 is 1. The highest BCUT2D eigenvalue weighted by Crippen LogP contribution is 2.47. The van der Waals surface area contributed by atoms with Crippen molar-refractivity contribution in [3.8, 4) is 0 Å². The zero-order chi connectivity index (χ0) is 25.2. The topological polar surface area (TPSA) is 96.2 Å². The predicted molar refractivity (Wildman–Crippen MR) is 145 cm³/mol. The molecule has 1 N–H and O–H groups in total. The second-order valence-electron chi connectivity index (χ2n) is 6.48. The van der Waals surface area contributed by atoms with Crippen molar-refractivity contribution in [2.45, 2.75) is 40.7 Å². The zero-order valence-corrected chi connectivity index (χ0v) is 23.6. The van der Waals surface area contributed by atoms with Crippen molar-refractivity contribution >= 4 is 41.8 Å². The molecule has 0 saturated carbocycles. The van der Waals surface area contributed by atoms with Gasteiger partial charge in [-0.2, -0.15) is 5.10 Å². The van der Waals surface area contributed by atoms with E-state index in [0.29, 0.717) is 32.8 Å². The van der Waals surface area contributed by atoms with Gasteiger partial charge in [0.15, 0.2) is 5.82 Å². The molecule has 3 rings (SSSR count). The van der Waals surface area contributed by atoms with Gasteiger partial charge in [0.05, 0.1) is 49.3 Å². The molecule has 9 nitrogen and oxygen atoms in total. The molecule has 2 aromatic heterocycles. The lowest BCUT2D eigenvalue weighted by Crippen LogP contribution is -2.08. The Balaban J connectivity index is 0.000000437. The Hall–Kier alpha value is -1.56. The molecule has 0 amide bonds. The van der Waals surface area contributed by atoms with Crippen molar-refractivity contribution in [2.75, 3.05) is 36.8 Å². The van der Waals surface area contributed by atoms with Crippen LogP contribution in [0, 0.1) is 0 Å². The second-order valence-corrected chi connectivity index (χ2v) is 9.01. The van der Waals surface area contributed by atoms with Crippen molar-refractivity contribution in [1.82, 2.24) is 14.6 Å². The largest absolute Gasteiger partial charge is 0.380 e. The molecule has 34 heavy (non-hydrogen) atoms. The van der Waals surface area contributed by atoms with Crippen LogP contribution in [0.3, 0.4) is 0 Å². The number of rotatable bonds is 12. The quantitative estimate of drug-likeness (QED) is 0.114. The van der Waals surface area contributed by atoms with Gasteiger partial charge in [-0.05, 0) is 31.5 Å². The number of hydrogen-bond donors (Lipinski definition) is 1. The summed E-state index contributed by atoms with van der Waals surface area (Å²) < 4.78 is 37.9. The number of anilines is 1. The van der Waals surface area contributed by atoms with E-state index in [4.69, 9.17) is 18.5 Å². The molecule has 0 aliphatic carbocycles. The van der Waals surface area contributed by atoms with Crippen LogP contribution in [-0.2, 0) is 36.1 Å². The minimum Gasteiger partial charge on any atom is -0.380 e. The van der Waals surface area contributed by atoms with Gasteiger partial charge in [-0.3, -0.25) is 4.57 Å². The molecule has 0 aliphatic heterocycles. The van der Waals surface area contributed by atoms with Crippen LogP contribution in [0.5, 0.6) is 0 Å². The molecule has 0 aliphatic rings. The molecule has 0 fully saturated rings. The van der Waals surface area contributed by atoms with Gasteiger partial charge in [0.25, 0.3) is 0 Å². The van der Waals surface area contributed by atoms with Gasteiger partial charge in [-0.15, -0.1) is 0 Å². The van der Waals surface area contributed by atoms with Crippen molar-refractivity contribution < 1.29 is 23.1 Å². The summed E-state index contributed by atoms with van der Waals surface area (Å²) in [5.41, 5.74) is 3.10. The van der Waals surface area contributed by atoms with Crippen LogP contribution < -0.4 is 3.53 Å². The molecule has 11 heteroatoms. The van der Waals surface area contributed by atoms with Crippen LogP contribution in [0.15, 0.2) is 48.8 Å². The van der Waals surface area contributed by atoms with Crippen LogP contribution in [0.2, 0.25) is 0 Å². The van der Waals surface area contributed by atoms with Gasteiger partial charge in [0.1, 0.15) is 18.2 Å². The standard InChI is InChI=1S/C13H20IN4O4P.C8H10O.C2H6/c1-3-21-23(19,22-4-2)10-20-8-7-11-5-6-12-13(17-14)15-9-16-18(11)12;1-9-7-8-5-3-2-4-6-8;1-2/h5-6,9H,3-4,7-8,10H2,1-2H3,(H,15,16,17);2-6H,7H2,1H3;1-2H3. The lowest BCUT2D eigenvalue weighted by molar-refractivity contribution is 0.133. The van der Waals surface area contributed by atoms with E-state index >= 15 is 0 Å². The summed E-state index contributed by atoms with van der Waals surface area (Å²) in [6, 6.07) is 14.0. The summed E-state index contributed by atoms with van der Waals surface area (Å²) in [6.45, 7) is 9.31. The average Bonchev–Trinajstić information content (AvgIpc) is 3.28. The number of hydrogen-bond acceptors (Lipinski definition) is 8. The van der Waals surface area contributed by atoms with Crippen molar-refractivity contribution in [2.24, 2.45) is 0 Å². The molecular weight excluding hydrogens is 570 g/mol. The van der Waals surface area contributed by atoms with Crippen LogP contribution >= 0.6 is 30.5 Å². The van der Waals surface area contributed by atoms with Crippen LogP contribution in [0.25, 0.3) is 5.52 Å². The maximum Gasteiger partial charge on any atom is 0.356 e. The highest BCUT2D eigenvalue weighted by atomic mass is 127. The normalized spacial score (nSPS) is 10.8. The van der Waals surface area contributed by atoms with E-state index in [9.17, 15) is 4.57 Å². The molecule has 0 spiro atoms. The molecule has 1 aromatic carbocycles. The van der Waals surface area contributed by atoms with Gasteiger partial charge in [-0.25, -0.2) is 9.50 Å². The Bertz CT molecular complexity index is 964. The monoisotopic (exact) mass is 606 g/mol. The van der Waals surface area contributed by atoms with Crippen molar-refractivity contribution in [3.63, 3.8) is 0 Å². The van der Waals surface area contributed by atoms with Crippen molar-refractivity contribution in [1.29, 1.82) is 0 Å². The van der Waals surface area contributed by atoms with E-state index in [0.717, 1.165) is 17.0 Å². The Morgan fingerprint density at radius 3 is 2.32 bits per heavy atom. The molecule has 0 radical (unpaired) electrons. The number of nitrogens with zero attached hydrogens (tertiary/aromatic N) is 3. The average molecular weight is 606 g/mol. The summed E-state index contributed by atoms with van der Waals surface area (Å²) in [5, 5.41) is 4.24. The third-order valence-electron chi connectivity index (χ3n) is 4.18. The molecule has 0 atom stereocenters. The minimum absolute atomic E-state index is 0.0481. The highest BCUT2D eigenvalue weighted by molar-refractivity contribution is 14.1. The van der Waals surface area contributed by atoms with Gasteiger partial charge in [0, 0.05) is 19.2 Å². The molecular formula is C23H36IN4O5P. The maximum absolute atomic E-state index is 12.3. The molecule has 0 saturated heterocycles. The molecule has 0 bridgehead atoms. The van der Waals surface area contributed by atoms with Gasteiger partial charge in [0.2, 0.25) is 0 Å². The van der Waals surface area contributed by atoms with E-state index in [1.165, 1.54) is 11.9 Å². The predicted octanol–water partition coefficient (Wildman–Crippen LogP) is 6.13. The smallest absolute Gasteiger partial charge is 0.356 e. The first kappa shape index (κ1) is 30.5. The van der Waals surface area contributed by atoms with Crippen molar-refractivity contribution in [3.05, 3.63) is 60.0 Å². The molecule has 190 valence electrons. The fourth-order valence-electron chi connectivity index (χ4n) is 2.85. The Kier molecular flexibility index (Phi) is 16.0. The SMILES string of the molecule is CC.CCOP(=O)(COCCc1ccc2c(NI)ncnn12)OCC.COCc1ccccc1. The van der Waals surface area contributed by atoms with E-state index in [2.05, 4.69) is 13.6 Å². The third-order valence-corrected chi connectivity index (χ3v) is 6.49. The summed E-state index contributed by atoms with van der Waals surface area (Å²) in [5.74, 6) is 0.755.